The highest BCUT2D eigenvalue weighted by Gasteiger charge is 2.18. The van der Waals surface area contributed by atoms with Crippen molar-refractivity contribution < 1.29 is 14.3 Å². The van der Waals surface area contributed by atoms with Crippen molar-refractivity contribution in [3.8, 4) is 0 Å². The third-order valence-corrected chi connectivity index (χ3v) is 4.11. The normalized spacial score (nSPS) is 10.6. The second-order valence-electron chi connectivity index (χ2n) is 6.08. The summed E-state index contributed by atoms with van der Waals surface area (Å²) >= 11 is 0. The number of hydrogen-bond acceptors (Lipinski definition) is 5. The molecule has 1 aromatic carbocycles. The van der Waals surface area contributed by atoms with E-state index in [0.29, 0.717) is 17.9 Å². The van der Waals surface area contributed by atoms with Crippen LogP contribution in [0.3, 0.4) is 0 Å². The van der Waals surface area contributed by atoms with Crippen LogP contribution in [0.25, 0.3) is 11.0 Å². The highest BCUT2D eigenvalue weighted by atomic mass is 16.5. The van der Waals surface area contributed by atoms with Gasteiger partial charge in [0.15, 0.2) is 0 Å². The van der Waals surface area contributed by atoms with E-state index in [0.717, 1.165) is 5.56 Å². The van der Waals surface area contributed by atoms with Gasteiger partial charge in [0.1, 0.15) is 17.8 Å². The number of esters is 1. The molecule has 2 heterocycles. The predicted octanol–water partition coefficient (Wildman–Crippen LogP) is 1.81. The van der Waals surface area contributed by atoms with E-state index in [1.165, 1.54) is 17.9 Å². The molecule has 138 valence electrons. The number of carbonyl (C=O) groups excluding carboxylic acids is 2. The number of nitrogens with zero attached hydrogens (tertiary/aromatic N) is 2. The van der Waals surface area contributed by atoms with Crippen LogP contribution in [0, 0.1) is 6.92 Å². The van der Waals surface area contributed by atoms with E-state index in [1.807, 2.05) is 30.3 Å². The molecule has 3 rings (SSSR count). The number of carbonyl (C=O) groups is 2. The van der Waals surface area contributed by atoms with Crippen molar-refractivity contribution in [1.82, 2.24) is 14.9 Å². The Labute approximate surface area is 155 Å². The fourth-order valence-electron chi connectivity index (χ4n) is 2.74. The summed E-state index contributed by atoms with van der Waals surface area (Å²) in [4.78, 5) is 41.2. The lowest BCUT2D eigenvalue weighted by molar-refractivity contribution is -0.121. The first-order valence-corrected chi connectivity index (χ1v) is 8.39. The Morgan fingerprint density at radius 1 is 1.15 bits per heavy atom. The standard InChI is InChI=1S/C20H19N3O4/c1-13-8-9-15-18(25)16(20(26)27-2)11-23(19(15)22-13)12-17(24)21-10-14-6-4-3-5-7-14/h3-9,11H,10,12H2,1-2H3,(H,21,24). The average molecular weight is 365 g/mol. The molecule has 1 amide bonds. The number of methoxy groups -OCH3 is 1. The first kappa shape index (κ1) is 18.3. The van der Waals surface area contributed by atoms with Crippen LogP contribution in [-0.4, -0.2) is 28.5 Å². The molecule has 0 spiro atoms. The number of rotatable bonds is 5. The van der Waals surface area contributed by atoms with Crippen molar-refractivity contribution >= 4 is 22.9 Å². The summed E-state index contributed by atoms with van der Waals surface area (Å²) in [5.41, 5.74) is 1.42. The zero-order chi connectivity index (χ0) is 19.4. The minimum atomic E-state index is -0.749. The van der Waals surface area contributed by atoms with Crippen molar-refractivity contribution in [2.24, 2.45) is 0 Å². The van der Waals surface area contributed by atoms with E-state index in [9.17, 15) is 14.4 Å². The van der Waals surface area contributed by atoms with Crippen LogP contribution in [0.5, 0.6) is 0 Å². The largest absolute Gasteiger partial charge is 0.465 e. The maximum atomic E-state index is 12.5. The number of pyridine rings is 2. The first-order chi connectivity index (χ1) is 13.0. The molecule has 2 aromatic heterocycles. The molecule has 7 nitrogen and oxygen atoms in total. The number of hydrogen-bond donors (Lipinski definition) is 1. The van der Waals surface area contributed by atoms with Gasteiger partial charge in [-0.1, -0.05) is 30.3 Å². The molecule has 0 aliphatic rings. The molecular formula is C20H19N3O4. The maximum absolute atomic E-state index is 12.5. The molecule has 0 unspecified atom stereocenters. The monoisotopic (exact) mass is 365 g/mol. The second kappa shape index (κ2) is 7.82. The van der Waals surface area contributed by atoms with Gasteiger partial charge in [-0.3, -0.25) is 9.59 Å². The zero-order valence-electron chi connectivity index (χ0n) is 15.1. The topological polar surface area (TPSA) is 90.3 Å². The summed E-state index contributed by atoms with van der Waals surface area (Å²) in [6.07, 6.45) is 1.32. The molecule has 1 N–H and O–H groups in total. The molecule has 0 atom stereocenters. The van der Waals surface area contributed by atoms with Crippen LogP contribution >= 0.6 is 0 Å². The summed E-state index contributed by atoms with van der Waals surface area (Å²) in [7, 11) is 1.20. The summed E-state index contributed by atoms with van der Waals surface area (Å²) in [5.74, 6) is -1.01. The van der Waals surface area contributed by atoms with E-state index in [-0.39, 0.29) is 23.4 Å². The molecule has 0 saturated carbocycles. The van der Waals surface area contributed by atoms with Crippen molar-refractivity contribution in [2.75, 3.05) is 7.11 Å². The number of fused-ring (bicyclic) bond motifs is 1. The molecule has 0 saturated heterocycles. The van der Waals surface area contributed by atoms with Crippen LogP contribution in [0.4, 0.5) is 0 Å². The first-order valence-electron chi connectivity index (χ1n) is 8.39. The molecule has 0 aliphatic heterocycles. The van der Waals surface area contributed by atoms with Gasteiger partial charge >= 0.3 is 5.97 Å². The fraction of sp³-hybridized carbons (Fsp3) is 0.200. The van der Waals surface area contributed by atoms with E-state index < -0.39 is 11.4 Å². The highest BCUT2D eigenvalue weighted by molar-refractivity contribution is 5.93. The number of nitrogens with one attached hydrogen (secondary N) is 1. The van der Waals surface area contributed by atoms with Crippen LogP contribution in [0.15, 0.2) is 53.5 Å². The minimum absolute atomic E-state index is 0.0793. The van der Waals surface area contributed by atoms with E-state index in [4.69, 9.17) is 0 Å². The Balaban J connectivity index is 1.93. The van der Waals surface area contributed by atoms with Gasteiger partial charge in [-0.25, -0.2) is 9.78 Å². The van der Waals surface area contributed by atoms with Gasteiger partial charge in [-0.15, -0.1) is 0 Å². The number of aromatic nitrogens is 2. The van der Waals surface area contributed by atoms with E-state index in [1.54, 1.807) is 19.1 Å². The molecule has 0 radical (unpaired) electrons. The lowest BCUT2D eigenvalue weighted by Gasteiger charge is -2.13. The highest BCUT2D eigenvalue weighted by Crippen LogP contribution is 2.11. The summed E-state index contributed by atoms with van der Waals surface area (Å²) in [5, 5.41) is 3.09. The molecule has 27 heavy (non-hydrogen) atoms. The van der Waals surface area contributed by atoms with E-state index >= 15 is 0 Å². The molecular weight excluding hydrogens is 346 g/mol. The van der Waals surface area contributed by atoms with Gasteiger partial charge in [0.05, 0.1) is 12.5 Å². The third-order valence-electron chi connectivity index (χ3n) is 4.11. The number of ether oxygens (including phenoxy) is 1. The van der Waals surface area contributed by atoms with Crippen molar-refractivity contribution in [1.29, 1.82) is 0 Å². The van der Waals surface area contributed by atoms with Gasteiger partial charge in [0.25, 0.3) is 0 Å². The Morgan fingerprint density at radius 3 is 2.59 bits per heavy atom. The van der Waals surface area contributed by atoms with Crippen molar-refractivity contribution in [3.63, 3.8) is 0 Å². The Kier molecular flexibility index (Phi) is 5.30. The molecule has 0 bridgehead atoms. The zero-order valence-corrected chi connectivity index (χ0v) is 15.1. The number of amides is 1. The smallest absolute Gasteiger partial charge is 0.343 e. The fourth-order valence-corrected chi connectivity index (χ4v) is 2.74. The lowest BCUT2D eigenvalue weighted by atomic mass is 10.2. The van der Waals surface area contributed by atoms with Gasteiger partial charge in [-0.05, 0) is 24.6 Å². The summed E-state index contributed by atoms with van der Waals surface area (Å²) in [6.45, 7) is 2.09. The Hall–Kier alpha value is -3.48. The molecule has 3 aromatic rings. The van der Waals surface area contributed by atoms with Gasteiger partial charge in [0.2, 0.25) is 11.3 Å². The minimum Gasteiger partial charge on any atom is -0.465 e. The number of benzene rings is 1. The predicted molar refractivity (Wildman–Crippen MR) is 100 cm³/mol. The SMILES string of the molecule is COC(=O)c1cn(CC(=O)NCc2ccccc2)c2nc(C)ccc2c1=O. The number of aryl methyl sites for hydroxylation is 1. The van der Waals surface area contributed by atoms with Gasteiger partial charge < -0.3 is 14.6 Å². The molecule has 7 heteroatoms. The molecule has 0 fully saturated rings. The van der Waals surface area contributed by atoms with Crippen LogP contribution < -0.4 is 10.7 Å². The average Bonchev–Trinajstić information content (AvgIpc) is 2.68. The Morgan fingerprint density at radius 2 is 1.89 bits per heavy atom. The lowest BCUT2D eigenvalue weighted by Crippen LogP contribution is -2.29. The van der Waals surface area contributed by atoms with Crippen molar-refractivity contribution in [3.05, 3.63) is 75.7 Å². The Bertz CT molecular complexity index is 1060. The third kappa shape index (κ3) is 4.03. The van der Waals surface area contributed by atoms with Crippen LogP contribution in [-0.2, 0) is 22.6 Å². The van der Waals surface area contributed by atoms with E-state index in [2.05, 4.69) is 15.0 Å². The summed E-state index contributed by atoms with van der Waals surface area (Å²) < 4.78 is 6.18. The van der Waals surface area contributed by atoms with Gasteiger partial charge in [-0.2, -0.15) is 0 Å². The van der Waals surface area contributed by atoms with Crippen LogP contribution in [0.1, 0.15) is 21.6 Å². The summed E-state index contributed by atoms with van der Waals surface area (Å²) in [6, 6.07) is 12.8. The second-order valence-corrected chi connectivity index (χ2v) is 6.08. The van der Waals surface area contributed by atoms with Crippen molar-refractivity contribution in [2.45, 2.75) is 20.0 Å². The quantitative estimate of drug-likeness (QED) is 0.697. The van der Waals surface area contributed by atoms with Crippen LogP contribution in [0.2, 0.25) is 0 Å². The van der Waals surface area contributed by atoms with Gasteiger partial charge in [0, 0.05) is 18.4 Å². The molecule has 0 aliphatic carbocycles. The maximum Gasteiger partial charge on any atom is 0.343 e.